The van der Waals surface area contributed by atoms with E-state index in [-0.39, 0.29) is 0 Å². The number of rotatable bonds is 3. The summed E-state index contributed by atoms with van der Waals surface area (Å²) < 4.78 is 0. The summed E-state index contributed by atoms with van der Waals surface area (Å²) in [6.07, 6.45) is 8.09. The van der Waals surface area contributed by atoms with Crippen LogP contribution < -0.4 is 4.90 Å². The molecule has 2 heteroatoms. The first-order chi connectivity index (χ1) is 8.16. The molecule has 1 N–H and O–H groups in total. The first kappa shape index (κ1) is 12.3. The van der Waals surface area contributed by atoms with Crippen LogP contribution in [0.15, 0.2) is 18.2 Å². The van der Waals surface area contributed by atoms with E-state index in [4.69, 9.17) is 0 Å². The molecule has 1 aliphatic carbocycles. The molecule has 0 spiro atoms. The van der Waals surface area contributed by atoms with Crippen LogP contribution in [-0.2, 0) is 6.42 Å². The molecule has 1 fully saturated rings. The largest absolute Gasteiger partial charge is 0.508 e. The van der Waals surface area contributed by atoms with Gasteiger partial charge in [0.2, 0.25) is 0 Å². The van der Waals surface area contributed by atoms with Gasteiger partial charge in [0.1, 0.15) is 5.75 Å². The second kappa shape index (κ2) is 5.44. The zero-order valence-electron chi connectivity index (χ0n) is 10.9. The Morgan fingerprint density at radius 2 is 1.88 bits per heavy atom. The molecule has 2 rings (SSSR count). The number of phenolic OH excluding ortho intramolecular Hbond substituents is 1. The summed E-state index contributed by atoms with van der Waals surface area (Å²) in [4.78, 5) is 2.10. The smallest absolute Gasteiger partial charge is 0.117 e. The van der Waals surface area contributed by atoms with E-state index < -0.39 is 0 Å². The highest BCUT2D eigenvalue weighted by molar-refractivity contribution is 5.56. The summed E-state index contributed by atoms with van der Waals surface area (Å²) in [6.45, 7) is 0. The van der Waals surface area contributed by atoms with Crippen LogP contribution >= 0.6 is 0 Å². The van der Waals surface area contributed by atoms with Crippen molar-refractivity contribution in [1.29, 1.82) is 0 Å². The fourth-order valence-corrected chi connectivity index (χ4v) is 2.84. The van der Waals surface area contributed by atoms with Crippen LogP contribution in [0.2, 0.25) is 0 Å². The van der Waals surface area contributed by atoms with Crippen molar-refractivity contribution in [3.05, 3.63) is 23.8 Å². The van der Waals surface area contributed by atoms with Gasteiger partial charge in [0.15, 0.2) is 0 Å². The topological polar surface area (TPSA) is 23.5 Å². The summed E-state index contributed by atoms with van der Waals surface area (Å²) in [7, 11) is 4.08. The molecule has 17 heavy (non-hydrogen) atoms. The molecule has 0 aromatic heterocycles. The Bertz CT molecular complexity index is 367. The molecule has 1 aromatic carbocycles. The van der Waals surface area contributed by atoms with Crippen LogP contribution in [-0.4, -0.2) is 19.2 Å². The summed E-state index contributed by atoms with van der Waals surface area (Å²) >= 11 is 0. The molecule has 1 aromatic rings. The third-order valence-corrected chi connectivity index (χ3v) is 3.78. The highest BCUT2D eigenvalue weighted by Gasteiger charge is 2.16. The Morgan fingerprint density at radius 3 is 2.53 bits per heavy atom. The molecule has 0 amide bonds. The molecule has 0 radical (unpaired) electrons. The average molecular weight is 233 g/mol. The molecule has 0 aliphatic heterocycles. The van der Waals surface area contributed by atoms with Crippen molar-refractivity contribution in [3.63, 3.8) is 0 Å². The molecule has 0 atom stereocenters. The van der Waals surface area contributed by atoms with Gasteiger partial charge in [0.25, 0.3) is 0 Å². The molecule has 0 unspecified atom stereocenters. The molecule has 94 valence electrons. The minimum Gasteiger partial charge on any atom is -0.508 e. The quantitative estimate of drug-likeness (QED) is 0.862. The average Bonchev–Trinajstić information content (AvgIpc) is 2.32. The van der Waals surface area contributed by atoms with Gasteiger partial charge in [-0.3, -0.25) is 0 Å². The van der Waals surface area contributed by atoms with Gasteiger partial charge in [0.05, 0.1) is 0 Å². The van der Waals surface area contributed by atoms with E-state index >= 15 is 0 Å². The highest BCUT2D eigenvalue weighted by Crippen LogP contribution is 2.31. The lowest BCUT2D eigenvalue weighted by Crippen LogP contribution is -2.15. The van der Waals surface area contributed by atoms with E-state index in [1.165, 1.54) is 37.7 Å². The van der Waals surface area contributed by atoms with Crippen molar-refractivity contribution in [2.24, 2.45) is 5.92 Å². The fraction of sp³-hybridized carbons (Fsp3) is 0.600. The first-order valence-corrected chi connectivity index (χ1v) is 6.66. The Morgan fingerprint density at radius 1 is 1.18 bits per heavy atom. The molecular weight excluding hydrogens is 210 g/mol. The van der Waals surface area contributed by atoms with Gasteiger partial charge in [-0.05, 0) is 24.0 Å². The van der Waals surface area contributed by atoms with E-state index in [2.05, 4.69) is 11.0 Å². The zero-order chi connectivity index (χ0) is 12.3. The van der Waals surface area contributed by atoms with E-state index in [1.807, 2.05) is 26.2 Å². The lowest BCUT2D eigenvalue weighted by atomic mass is 9.84. The first-order valence-electron chi connectivity index (χ1n) is 6.66. The van der Waals surface area contributed by atoms with Crippen LogP contribution in [0.3, 0.4) is 0 Å². The number of hydrogen-bond acceptors (Lipinski definition) is 2. The Labute approximate surface area is 104 Å². The van der Waals surface area contributed by atoms with E-state index in [9.17, 15) is 5.11 Å². The van der Waals surface area contributed by atoms with Crippen molar-refractivity contribution in [2.75, 3.05) is 19.0 Å². The van der Waals surface area contributed by atoms with Gasteiger partial charge in [-0.2, -0.15) is 0 Å². The second-order valence-corrected chi connectivity index (χ2v) is 5.42. The van der Waals surface area contributed by atoms with Gasteiger partial charge >= 0.3 is 0 Å². The van der Waals surface area contributed by atoms with Gasteiger partial charge in [-0.1, -0.05) is 38.2 Å². The lowest BCUT2D eigenvalue weighted by molar-refractivity contribution is 0.356. The number of phenols is 1. The maximum Gasteiger partial charge on any atom is 0.117 e. The SMILES string of the molecule is CN(C)c1cc(O)ccc1CC1CCCCC1. The van der Waals surface area contributed by atoms with Crippen LogP contribution in [0.4, 0.5) is 5.69 Å². The normalized spacial score (nSPS) is 17.1. The molecule has 1 aliphatic rings. The molecule has 2 nitrogen and oxygen atoms in total. The van der Waals surface area contributed by atoms with Gasteiger partial charge in [0, 0.05) is 25.8 Å². The maximum absolute atomic E-state index is 9.57. The summed E-state index contributed by atoms with van der Waals surface area (Å²) in [5.74, 6) is 1.20. The summed E-state index contributed by atoms with van der Waals surface area (Å²) in [6, 6.07) is 5.77. The monoisotopic (exact) mass is 233 g/mol. The van der Waals surface area contributed by atoms with Crippen molar-refractivity contribution in [3.8, 4) is 5.75 Å². The molecule has 0 bridgehead atoms. The number of hydrogen-bond donors (Lipinski definition) is 1. The molecule has 1 saturated carbocycles. The molecular formula is C15H23NO. The van der Waals surface area contributed by atoms with Crippen LogP contribution in [0.5, 0.6) is 5.75 Å². The maximum atomic E-state index is 9.57. The third-order valence-electron chi connectivity index (χ3n) is 3.78. The van der Waals surface area contributed by atoms with Crippen LogP contribution in [0.25, 0.3) is 0 Å². The van der Waals surface area contributed by atoms with E-state index in [0.29, 0.717) is 5.75 Å². The lowest BCUT2D eigenvalue weighted by Gasteiger charge is -2.24. The van der Waals surface area contributed by atoms with E-state index in [1.54, 1.807) is 0 Å². The number of benzene rings is 1. The van der Waals surface area contributed by atoms with Crippen molar-refractivity contribution >= 4 is 5.69 Å². The number of anilines is 1. The highest BCUT2D eigenvalue weighted by atomic mass is 16.3. The van der Waals surface area contributed by atoms with Gasteiger partial charge in [-0.15, -0.1) is 0 Å². The zero-order valence-corrected chi connectivity index (χ0v) is 10.9. The second-order valence-electron chi connectivity index (χ2n) is 5.42. The number of aromatic hydroxyl groups is 1. The Hall–Kier alpha value is -1.18. The van der Waals surface area contributed by atoms with Crippen LogP contribution in [0, 0.1) is 5.92 Å². The van der Waals surface area contributed by atoms with Crippen molar-refractivity contribution in [1.82, 2.24) is 0 Å². The number of nitrogens with zero attached hydrogens (tertiary/aromatic N) is 1. The molecule has 0 saturated heterocycles. The van der Waals surface area contributed by atoms with Crippen molar-refractivity contribution in [2.45, 2.75) is 38.5 Å². The minimum atomic E-state index is 0.362. The van der Waals surface area contributed by atoms with Crippen molar-refractivity contribution < 1.29 is 5.11 Å². The fourth-order valence-electron chi connectivity index (χ4n) is 2.84. The van der Waals surface area contributed by atoms with Gasteiger partial charge in [-0.25, -0.2) is 0 Å². The van der Waals surface area contributed by atoms with E-state index in [0.717, 1.165) is 18.0 Å². The standard InChI is InChI=1S/C15H23NO/c1-16(2)15-11-14(17)9-8-13(15)10-12-6-4-3-5-7-12/h8-9,11-12,17H,3-7,10H2,1-2H3. The van der Waals surface area contributed by atoms with Crippen LogP contribution in [0.1, 0.15) is 37.7 Å². The summed E-state index contributed by atoms with van der Waals surface area (Å²) in [5.41, 5.74) is 2.54. The Balaban J connectivity index is 2.13. The molecule has 0 heterocycles. The predicted molar refractivity (Wildman–Crippen MR) is 72.7 cm³/mol. The predicted octanol–water partition coefficient (Wildman–Crippen LogP) is 3.58. The minimum absolute atomic E-state index is 0.362. The van der Waals surface area contributed by atoms with Gasteiger partial charge < -0.3 is 10.0 Å². The third kappa shape index (κ3) is 3.15. The summed E-state index contributed by atoms with van der Waals surface area (Å²) in [5, 5.41) is 9.57. The Kier molecular flexibility index (Phi) is 3.93.